The van der Waals surface area contributed by atoms with Crippen LogP contribution in [0.2, 0.25) is 0 Å². The molecule has 2 heterocycles. The Bertz CT molecular complexity index is 3080. The number of fused-ring (bicyclic) bond motifs is 5. The Morgan fingerprint density at radius 1 is 0.460 bits per heavy atom. The van der Waals surface area contributed by atoms with Crippen LogP contribution in [0.5, 0.6) is 0 Å². The molecule has 8 aromatic rings. The van der Waals surface area contributed by atoms with Gasteiger partial charge in [-0.2, -0.15) is 0 Å². The van der Waals surface area contributed by atoms with Crippen LogP contribution in [0.3, 0.4) is 0 Å². The number of nitrogens with one attached hydrogen (secondary N) is 1. The van der Waals surface area contributed by atoms with Crippen LogP contribution >= 0.6 is 0 Å². The van der Waals surface area contributed by atoms with Gasteiger partial charge in [0.1, 0.15) is 0 Å². The van der Waals surface area contributed by atoms with E-state index in [1.165, 1.54) is 108 Å². The van der Waals surface area contributed by atoms with Crippen LogP contribution in [0, 0.1) is 6.92 Å². The smallest absolute Gasteiger partial charge is 0.197 e. The quantitative estimate of drug-likeness (QED) is 0.168. The molecule has 11 rings (SSSR count). The number of benzene rings is 8. The van der Waals surface area contributed by atoms with Crippen LogP contribution in [0.15, 0.2) is 170 Å². The van der Waals surface area contributed by atoms with Gasteiger partial charge in [-0.05, 0) is 139 Å². The number of hydrogen-bond donors (Lipinski definition) is 1. The van der Waals surface area contributed by atoms with Crippen LogP contribution in [-0.4, -0.2) is 7.28 Å². The van der Waals surface area contributed by atoms with Gasteiger partial charge in [-0.1, -0.05) is 180 Å². The first kappa shape index (κ1) is 39.3. The van der Waals surface area contributed by atoms with E-state index in [-0.39, 0.29) is 16.2 Å². The Kier molecular flexibility index (Phi) is 9.04. The van der Waals surface area contributed by atoms with E-state index in [9.17, 15) is 0 Å². The van der Waals surface area contributed by atoms with Crippen LogP contribution in [0.1, 0.15) is 82.2 Å². The first-order chi connectivity index (χ1) is 30.4. The van der Waals surface area contributed by atoms with Crippen molar-refractivity contribution in [3.05, 3.63) is 198 Å². The number of nitrogens with zero attached hydrogens (tertiary/aromatic N) is 1. The highest BCUT2D eigenvalue weighted by Crippen LogP contribution is 2.57. The first-order valence-corrected chi connectivity index (χ1v) is 22.7. The highest BCUT2D eigenvalue weighted by molar-refractivity contribution is 6.73. The Morgan fingerprint density at radius 2 is 1.08 bits per heavy atom. The maximum absolute atomic E-state index is 3.95. The average molecular weight is 814 g/mol. The van der Waals surface area contributed by atoms with Crippen molar-refractivity contribution in [1.29, 1.82) is 0 Å². The van der Waals surface area contributed by atoms with E-state index in [1.807, 2.05) is 0 Å². The topological polar surface area (TPSA) is 15.3 Å². The lowest BCUT2D eigenvalue weighted by Gasteiger charge is -2.49. The van der Waals surface area contributed by atoms with Crippen molar-refractivity contribution < 1.29 is 0 Å². The fourth-order valence-electron chi connectivity index (χ4n) is 10.9. The molecule has 0 fully saturated rings. The van der Waals surface area contributed by atoms with Crippen LogP contribution in [0.4, 0.5) is 28.4 Å². The second-order valence-corrected chi connectivity index (χ2v) is 20.0. The van der Waals surface area contributed by atoms with Gasteiger partial charge in [0.05, 0.1) is 5.69 Å². The Morgan fingerprint density at radius 3 is 1.78 bits per heavy atom. The Balaban J connectivity index is 1.17. The third-order valence-corrected chi connectivity index (χ3v) is 14.7. The van der Waals surface area contributed by atoms with Gasteiger partial charge in [0, 0.05) is 33.7 Å². The predicted octanol–water partition coefficient (Wildman–Crippen LogP) is 14.8. The molecular weight excluding hydrogens is 759 g/mol. The van der Waals surface area contributed by atoms with Gasteiger partial charge < -0.3 is 10.2 Å². The highest BCUT2D eigenvalue weighted by Gasteiger charge is 2.45. The molecule has 0 saturated carbocycles. The zero-order valence-corrected chi connectivity index (χ0v) is 37.6. The van der Waals surface area contributed by atoms with Crippen molar-refractivity contribution in [2.45, 2.75) is 77.6 Å². The van der Waals surface area contributed by atoms with Crippen molar-refractivity contribution >= 4 is 46.6 Å². The predicted molar refractivity (Wildman–Crippen MR) is 270 cm³/mol. The standard InChI is InChI=1S/C60H54BN2/c1-38-17-14-15-22-45(38)43-33-47(46-30-27-42(40-20-12-9-13-21-40)34-53(46)62-44-28-25-41(26-29-44)39-18-10-8-11-19-39)56-55(35-43)63-54-37-50-49(58(2,3)31-32-59(50,4)5)36-51(54)60(6,7)48-23-16-24-52(61-56)57(48)63/h8-30,33-37,62H,31-32H2,1-7H3. The summed E-state index contributed by atoms with van der Waals surface area (Å²) in [4.78, 5) is 2.65. The Hall–Kier alpha value is -6.58. The largest absolute Gasteiger partial charge is 0.355 e. The molecule has 0 bridgehead atoms. The van der Waals surface area contributed by atoms with E-state index in [1.54, 1.807) is 0 Å². The second kappa shape index (κ2) is 14.5. The van der Waals surface area contributed by atoms with Gasteiger partial charge in [-0.15, -0.1) is 0 Å². The summed E-state index contributed by atoms with van der Waals surface area (Å²) in [6, 6.07) is 63.1. The highest BCUT2D eigenvalue weighted by atomic mass is 15.2. The minimum Gasteiger partial charge on any atom is -0.355 e. The lowest BCUT2D eigenvalue weighted by Crippen LogP contribution is -2.46. The molecule has 0 spiro atoms. The minimum atomic E-state index is -0.188. The van der Waals surface area contributed by atoms with Crippen LogP contribution in [0.25, 0.3) is 44.5 Å². The van der Waals surface area contributed by atoms with Crippen molar-refractivity contribution in [1.82, 2.24) is 0 Å². The first-order valence-electron chi connectivity index (χ1n) is 22.7. The molecular formula is C60H54BN2. The van der Waals surface area contributed by atoms with Crippen molar-refractivity contribution in [3.8, 4) is 44.5 Å². The minimum absolute atomic E-state index is 0.0725. The van der Waals surface area contributed by atoms with Crippen molar-refractivity contribution in [2.24, 2.45) is 0 Å². The van der Waals surface area contributed by atoms with Crippen LogP contribution in [-0.2, 0) is 16.2 Å². The maximum Gasteiger partial charge on any atom is 0.197 e. The summed E-state index contributed by atoms with van der Waals surface area (Å²) in [6.45, 7) is 16.9. The number of anilines is 5. The molecule has 0 amide bonds. The molecule has 8 aromatic carbocycles. The number of hydrogen-bond acceptors (Lipinski definition) is 2. The normalized spacial score (nSPS) is 15.9. The van der Waals surface area contributed by atoms with E-state index in [2.05, 4.69) is 236 Å². The van der Waals surface area contributed by atoms with E-state index in [0.29, 0.717) is 0 Å². The summed E-state index contributed by atoms with van der Waals surface area (Å²) in [7, 11) is 2.47. The van der Waals surface area contributed by atoms with E-state index in [0.717, 1.165) is 16.9 Å². The van der Waals surface area contributed by atoms with Gasteiger partial charge in [0.25, 0.3) is 0 Å². The van der Waals surface area contributed by atoms with Gasteiger partial charge in [0.2, 0.25) is 0 Å². The molecule has 2 nitrogen and oxygen atoms in total. The molecule has 0 unspecified atom stereocenters. The molecule has 1 aliphatic carbocycles. The molecule has 2 aliphatic heterocycles. The monoisotopic (exact) mass is 813 g/mol. The van der Waals surface area contributed by atoms with Gasteiger partial charge in [-0.3, -0.25) is 0 Å². The van der Waals surface area contributed by atoms with E-state index < -0.39 is 0 Å². The second-order valence-electron chi connectivity index (χ2n) is 20.0. The fourth-order valence-corrected chi connectivity index (χ4v) is 10.9. The summed E-state index contributed by atoms with van der Waals surface area (Å²) in [5, 5.41) is 3.95. The lowest BCUT2D eigenvalue weighted by molar-refractivity contribution is 0.331. The summed E-state index contributed by atoms with van der Waals surface area (Å²) < 4.78 is 0. The van der Waals surface area contributed by atoms with Gasteiger partial charge in [-0.25, -0.2) is 0 Å². The molecule has 0 aromatic heterocycles. The Labute approximate surface area is 374 Å². The number of rotatable bonds is 6. The van der Waals surface area contributed by atoms with E-state index in [4.69, 9.17) is 0 Å². The number of aryl methyl sites for hydroxylation is 1. The average Bonchev–Trinajstić information content (AvgIpc) is 3.29. The molecule has 1 N–H and O–H groups in total. The molecule has 307 valence electrons. The SMILES string of the molecule is Cc1ccccc1-c1cc(-c2ccc(-c3ccccc3)cc2Nc2ccc(-c3ccccc3)cc2)c2c(c1)N1c3cc4c(cc3C(C)(C)c3cccc(c31)[B]2)C(C)(C)CCC4(C)C. The third kappa shape index (κ3) is 6.47. The molecule has 0 saturated heterocycles. The number of para-hydroxylation sites is 1. The van der Waals surface area contributed by atoms with Gasteiger partial charge >= 0.3 is 0 Å². The van der Waals surface area contributed by atoms with Gasteiger partial charge in [0.15, 0.2) is 7.28 Å². The molecule has 3 aliphatic rings. The van der Waals surface area contributed by atoms with Crippen LogP contribution < -0.4 is 21.1 Å². The molecule has 63 heavy (non-hydrogen) atoms. The van der Waals surface area contributed by atoms with E-state index >= 15 is 0 Å². The molecule has 1 radical (unpaired) electrons. The zero-order valence-electron chi connectivity index (χ0n) is 37.6. The third-order valence-electron chi connectivity index (χ3n) is 14.7. The lowest BCUT2D eigenvalue weighted by atomic mass is 9.55. The summed E-state index contributed by atoms with van der Waals surface area (Å²) >= 11 is 0. The maximum atomic E-state index is 3.95. The summed E-state index contributed by atoms with van der Waals surface area (Å²) in [5.41, 5.74) is 25.1. The summed E-state index contributed by atoms with van der Waals surface area (Å²) in [5.74, 6) is 0. The molecule has 3 heteroatoms. The summed E-state index contributed by atoms with van der Waals surface area (Å²) in [6.07, 6.45) is 2.36. The van der Waals surface area contributed by atoms with Crippen molar-refractivity contribution in [2.75, 3.05) is 10.2 Å². The fraction of sp³-hybridized carbons (Fsp3) is 0.200. The van der Waals surface area contributed by atoms with Crippen molar-refractivity contribution in [3.63, 3.8) is 0 Å². The zero-order chi connectivity index (χ0) is 43.3. The molecule has 0 atom stereocenters.